The van der Waals surface area contributed by atoms with Crippen molar-refractivity contribution in [2.24, 2.45) is 0 Å². The second-order valence-corrected chi connectivity index (χ2v) is 3.67. The van der Waals surface area contributed by atoms with E-state index >= 15 is 0 Å². The zero-order valence-corrected chi connectivity index (χ0v) is 6.98. The van der Waals surface area contributed by atoms with Crippen LogP contribution in [0.3, 0.4) is 0 Å². The Hall–Kier alpha value is 0.440. The SMILES string of the molecule is OC1(C(F)(F)F)CN(I)C1. The smallest absolute Gasteiger partial charge is 0.378 e. The van der Waals surface area contributed by atoms with Crippen LogP contribution in [0.4, 0.5) is 13.2 Å². The topological polar surface area (TPSA) is 23.5 Å². The maximum atomic E-state index is 11.8. The van der Waals surface area contributed by atoms with Crippen LogP contribution in [0, 0.1) is 0 Å². The highest BCUT2D eigenvalue weighted by atomic mass is 127. The molecule has 1 aliphatic heterocycles. The summed E-state index contributed by atoms with van der Waals surface area (Å²) in [4.78, 5) is 0. The summed E-state index contributed by atoms with van der Waals surface area (Å²) in [6.07, 6.45) is -4.48. The molecule has 10 heavy (non-hydrogen) atoms. The molecule has 1 rings (SSSR count). The van der Waals surface area contributed by atoms with Crippen LogP contribution < -0.4 is 0 Å². The van der Waals surface area contributed by atoms with Gasteiger partial charge in [0.15, 0.2) is 5.60 Å². The summed E-state index contributed by atoms with van der Waals surface area (Å²) in [7, 11) is 0. The van der Waals surface area contributed by atoms with Gasteiger partial charge in [-0.2, -0.15) is 13.2 Å². The third-order valence-corrected chi connectivity index (χ3v) is 2.08. The van der Waals surface area contributed by atoms with Crippen LogP contribution >= 0.6 is 22.9 Å². The Bertz CT molecular complexity index is 142. The molecule has 0 aromatic carbocycles. The maximum Gasteiger partial charge on any atom is 0.419 e. The molecule has 0 radical (unpaired) electrons. The fourth-order valence-corrected chi connectivity index (χ4v) is 1.83. The van der Waals surface area contributed by atoms with Crippen molar-refractivity contribution in [1.29, 1.82) is 0 Å². The summed E-state index contributed by atoms with van der Waals surface area (Å²) in [5, 5.41) is 8.75. The maximum absolute atomic E-state index is 11.8. The van der Waals surface area contributed by atoms with E-state index in [0.29, 0.717) is 0 Å². The average Bonchev–Trinajstić information content (AvgIpc) is 1.58. The first-order valence-corrected chi connectivity index (χ1v) is 3.51. The molecule has 0 aromatic heterocycles. The van der Waals surface area contributed by atoms with Crippen LogP contribution in [0.2, 0.25) is 0 Å². The Morgan fingerprint density at radius 2 is 1.80 bits per heavy atom. The van der Waals surface area contributed by atoms with E-state index in [1.165, 1.54) is 3.11 Å². The second-order valence-electron chi connectivity index (χ2n) is 2.31. The van der Waals surface area contributed by atoms with Gasteiger partial charge in [0.2, 0.25) is 0 Å². The Labute approximate surface area is 69.5 Å². The molecule has 2 nitrogen and oxygen atoms in total. The first-order chi connectivity index (χ1) is 4.35. The minimum Gasteiger partial charge on any atom is -0.378 e. The lowest BCUT2D eigenvalue weighted by Gasteiger charge is -2.43. The van der Waals surface area contributed by atoms with Crippen molar-refractivity contribution in [2.75, 3.05) is 13.1 Å². The van der Waals surface area contributed by atoms with Crippen LogP contribution in [0.5, 0.6) is 0 Å². The molecule has 0 aliphatic carbocycles. The Balaban J connectivity index is 2.57. The van der Waals surface area contributed by atoms with Gasteiger partial charge in [0, 0.05) is 36.0 Å². The van der Waals surface area contributed by atoms with Crippen LogP contribution in [-0.2, 0) is 0 Å². The predicted molar refractivity (Wildman–Crippen MR) is 36.6 cm³/mol. The number of hydrogen-bond donors (Lipinski definition) is 1. The molecule has 1 N–H and O–H groups in total. The lowest BCUT2D eigenvalue weighted by molar-refractivity contribution is -0.286. The number of halogens is 4. The number of β-amino-alcohol motifs (C(OH)–C–C–N with tert-alkyl or cyclic N) is 1. The highest BCUT2D eigenvalue weighted by molar-refractivity contribution is 14.1. The van der Waals surface area contributed by atoms with E-state index < -0.39 is 11.8 Å². The van der Waals surface area contributed by atoms with Crippen molar-refractivity contribution in [3.8, 4) is 0 Å². The van der Waals surface area contributed by atoms with Crippen molar-refractivity contribution in [3.05, 3.63) is 0 Å². The lowest BCUT2D eigenvalue weighted by Crippen LogP contribution is -2.65. The minimum absolute atomic E-state index is 0.322. The van der Waals surface area contributed by atoms with Crippen LogP contribution in [0.15, 0.2) is 0 Å². The third kappa shape index (κ3) is 1.24. The molecule has 0 atom stereocenters. The molecular formula is C4H5F3INO. The molecule has 60 valence electrons. The van der Waals surface area contributed by atoms with Crippen molar-refractivity contribution in [1.82, 2.24) is 3.11 Å². The number of rotatable bonds is 0. The summed E-state index contributed by atoms with van der Waals surface area (Å²) in [6.45, 7) is -0.645. The molecule has 0 spiro atoms. The summed E-state index contributed by atoms with van der Waals surface area (Å²) in [6, 6.07) is 0. The highest BCUT2D eigenvalue weighted by Crippen LogP contribution is 2.38. The zero-order chi connectivity index (χ0) is 7.99. The van der Waals surface area contributed by atoms with Gasteiger partial charge in [-0.1, -0.05) is 0 Å². The van der Waals surface area contributed by atoms with Gasteiger partial charge in [0.05, 0.1) is 0 Å². The van der Waals surface area contributed by atoms with Crippen molar-refractivity contribution < 1.29 is 18.3 Å². The van der Waals surface area contributed by atoms with Gasteiger partial charge in [0.1, 0.15) is 0 Å². The van der Waals surface area contributed by atoms with E-state index in [-0.39, 0.29) is 13.1 Å². The van der Waals surface area contributed by atoms with Gasteiger partial charge in [0.25, 0.3) is 0 Å². The number of alkyl halides is 3. The lowest BCUT2D eigenvalue weighted by atomic mass is 9.97. The summed E-state index contributed by atoms with van der Waals surface area (Å²) < 4.78 is 36.7. The standard InChI is InChI=1S/C4H5F3INO/c5-4(6,7)3(10)1-9(8)2-3/h10H,1-2H2. The van der Waals surface area contributed by atoms with Crippen LogP contribution in [0.25, 0.3) is 0 Å². The average molecular weight is 267 g/mol. The fraction of sp³-hybridized carbons (Fsp3) is 1.00. The fourth-order valence-electron chi connectivity index (χ4n) is 0.701. The number of nitrogens with zero attached hydrogens (tertiary/aromatic N) is 1. The van der Waals surface area contributed by atoms with Gasteiger partial charge in [-0.15, -0.1) is 0 Å². The first kappa shape index (κ1) is 8.54. The third-order valence-electron chi connectivity index (χ3n) is 1.39. The number of aliphatic hydroxyl groups is 1. The Morgan fingerprint density at radius 3 is 1.90 bits per heavy atom. The molecule has 0 unspecified atom stereocenters. The zero-order valence-electron chi connectivity index (χ0n) is 4.82. The Morgan fingerprint density at radius 1 is 1.40 bits per heavy atom. The largest absolute Gasteiger partial charge is 0.419 e. The van der Waals surface area contributed by atoms with Gasteiger partial charge in [-0.25, -0.2) is 3.11 Å². The normalized spacial score (nSPS) is 26.1. The Kier molecular flexibility index (Phi) is 1.89. The quantitative estimate of drug-likeness (QED) is 0.521. The highest BCUT2D eigenvalue weighted by Gasteiger charge is 2.60. The number of hydrogen-bond acceptors (Lipinski definition) is 2. The molecule has 0 saturated carbocycles. The van der Waals surface area contributed by atoms with Gasteiger partial charge in [-0.3, -0.25) is 0 Å². The van der Waals surface area contributed by atoms with E-state index in [1.807, 2.05) is 0 Å². The molecule has 6 heteroatoms. The van der Waals surface area contributed by atoms with Crippen molar-refractivity contribution in [2.45, 2.75) is 11.8 Å². The molecule has 1 heterocycles. The summed E-state index contributed by atoms with van der Waals surface area (Å²) in [5.74, 6) is 0. The van der Waals surface area contributed by atoms with E-state index in [1.54, 1.807) is 22.9 Å². The van der Waals surface area contributed by atoms with Crippen molar-refractivity contribution >= 4 is 22.9 Å². The van der Waals surface area contributed by atoms with Gasteiger partial charge >= 0.3 is 6.18 Å². The predicted octanol–water partition coefficient (Wildman–Crippen LogP) is 0.945. The van der Waals surface area contributed by atoms with Crippen LogP contribution in [0.1, 0.15) is 0 Å². The van der Waals surface area contributed by atoms with E-state index in [4.69, 9.17) is 5.11 Å². The summed E-state index contributed by atoms with van der Waals surface area (Å²) >= 11 is 1.73. The van der Waals surface area contributed by atoms with Gasteiger partial charge < -0.3 is 5.11 Å². The van der Waals surface area contributed by atoms with Gasteiger partial charge in [-0.05, 0) is 0 Å². The monoisotopic (exact) mass is 267 g/mol. The van der Waals surface area contributed by atoms with Crippen molar-refractivity contribution in [3.63, 3.8) is 0 Å². The molecule has 0 aromatic rings. The molecular weight excluding hydrogens is 262 g/mol. The van der Waals surface area contributed by atoms with E-state index in [0.717, 1.165) is 0 Å². The second kappa shape index (κ2) is 2.21. The molecule has 0 amide bonds. The molecule has 1 saturated heterocycles. The first-order valence-electron chi connectivity index (χ1n) is 2.55. The molecule has 1 aliphatic rings. The van der Waals surface area contributed by atoms with Crippen LogP contribution in [-0.4, -0.2) is 33.1 Å². The van der Waals surface area contributed by atoms with E-state index in [2.05, 4.69) is 0 Å². The molecule has 0 bridgehead atoms. The summed E-state index contributed by atoms with van der Waals surface area (Å²) in [5.41, 5.74) is -2.45. The molecule has 1 fully saturated rings. The van der Waals surface area contributed by atoms with E-state index in [9.17, 15) is 13.2 Å². The minimum atomic E-state index is -4.48.